The first-order chi connectivity index (χ1) is 5.85. The summed E-state index contributed by atoms with van der Waals surface area (Å²) in [5, 5.41) is 8.05. The Balaban J connectivity index is 0.000000354. The summed E-state index contributed by atoms with van der Waals surface area (Å²) >= 11 is 0. The molecule has 1 rings (SSSR count). The minimum Gasteiger partial charge on any atom is -0.388 e. The Morgan fingerprint density at radius 1 is 1.25 bits per heavy atom. The molecular formula is C10H13NO. The molecule has 0 aliphatic heterocycles. The van der Waals surface area contributed by atoms with Crippen LogP contribution in [0.3, 0.4) is 0 Å². The van der Waals surface area contributed by atoms with Gasteiger partial charge in [0, 0.05) is 0 Å². The summed E-state index contributed by atoms with van der Waals surface area (Å²) in [5.41, 5.74) is 0. The molecule has 0 aliphatic rings. The van der Waals surface area contributed by atoms with Crippen LogP contribution in [0.25, 0.3) is 0 Å². The highest BCUT2D eigenvalue weighted by Gasteiger charge is 1.84. The number of nitrogens with zero attached hydrogens (tertiary/aromatic N) is 1. The predicted octanol–water partition coefficient (Wildman–Crippen LogP) is 2.96. The summed E-state index contributed by atoms with van der Waals surface area (Å²) in [5.74, 6) is 0.583. The summed E-state index contributed by atoms with van der Waals surface area (Å²) in [7, 11) is 0. The third-order valence-corrected chi connectivity index (χ3v) is 0.907. The lowest BCUT2D eigenvalue weighted by molar-refractivity contribution is 0.507. The zero-order chi connectivity index (χ0) is 9.23. The molecule has 0 spiro atoms. The first kappa shape index (κ1) is 10.5. The van der Waals surface area contributed by atoms with E-state index in [1.54, 1.807) is 18.4 Å². The summed E-state index contributed by atoms with van der Waals surface area (Å²) in [6, 6.07) is 8.94. The number of hydrogen-bond acceptors (Lipinski definition) is 2. The number of rotatable bonds is 1. The predicted molar refractivity (Wildman–Crippen MR) is 48.6 cm³/mol. The number of hydrogen-bond donors (Lipinski definition) is 0. The molecule has 1 aromatic carbocycles. The molecule has 0 fully saturated rings. The number of benzene rings is 1. The van der Waals surface area contributed by atoms with E-state index in [1.807, 2.05) is 18.2 Å². The molecule has 2 heteroatoms. The molecule has 0 saturated heterocycles. The van der Waals surface area contributed by atoms with Gasteiger partial charge in [0.05, 0.1) is 0 Å². The zero-order valence-corrected chi connectivity index (χ0v) is 7.45. The fourth-order valence-electron chi connectivity index (χ4n) is 0.541. The number of para-hydroxylation sites is 1. The van der Waals surface area contributed by atoms with Gasteiger partial charge in [0.1, 0.15) is 5.75 Å². The van der Waals surface area contributed by atoms with Crippen molar-refractivity contribution in [2.45, 2.75) is 20.3 Å². The van der Waals surface area contributed by atoms with E-state index >= 15 is 0 Å². The maximum Gasteiger partial charge on any atom is 0.292 e. The van der Waals surface area contributed by atoms with Crippen molar-refractivity contribution >= 4 is 0 Å². The Labute approximate surface area is 73.4 Å². The highest BCUT2D eigenvalue weighted by molar-refractivity contribution is 5.21. The van der Waals surface area contributed by atoms with Crippen LogP contribution in [0, 0.1) is 11.5 Å². The summed E-state index contributed by atoms with van der Waals surface area (Å²) in [6.07, 6.45) is 2.83. The van der Waals surface area contributed by atoms with Crippen molar-refractivity contribution in [2.24, 2.45) is 0 Å². The summed E-state index contributed by atoms with van der Waals surface area (Å²) in [4.78, 5) is 0. The molecule has 0 N–H and O–H groups in total. The standard InChI is InChI=1S/C7H5NO.C3H8/c8-6-9-7-4-2-1-3-5-7;1-3-2/h1-5H;3H2,1-2H3. The van der Waals surface area contributed by atoms with E-state index in [0.717, 1.165) is 0 Å². The lowest BCUT2D eigenvalue weighted by Gasteiger charge is -1.89. The molecule has 0 unspecified atom stereocenters. The van der Waals surface area contributed by atoms with Gasteiger partial charge in [-0.2, -0.15) is 0 Å². The fourth-order valence-corrected chi connectivity index (χ4v) is 0.541. The molecule has 0 heterocycles. The largest absolute Gasteiger partial charge is 0.388 e. The smallest absolute Gasteiger partial charge is 0.292 e. The van der Waals surface area contributed by atoms with Crippen molar-refractivity contribution in [1.82, 2.24) is 0 Å². The minimum absolute atomic E-state index is 0.583. The first-order valence-corrected chi connectivity index (χ1v) is 3.96. The van der Waals surface area contributed by atoms with Gasteiger partial charge in [-0.05, 0) is 12.1 Å². The van der Waals surface area contributed by atoms with Crippen LogP contribution >= 0.6 is 0 Å². The SMILES string of the molecule is CCC.N#COc1ccccc1. The van der Waals surface area contributed by atoms with Crippen LogP contribution in [0.2, 0.25) is 0 Å². The summed E-state index contributed by atoms with van der Waals surface area (Å²) < 4.78 is 4.51. The van der Waals surface area contributed by atoms with Crippen LogP contribution in [0.15, 0.2) is 30.3 Å². The molecule has 0 aromatic heterocycles. The van der Waals surface area contributed by atoms with Gasteiger partial charge in [-0.3, -0.25) is 0 Å². The van der Waals surface area contributed by atoms with E-state index in [4.69, 9.17) is 5.26 Å². The molecule has 0 amide bonds. The lowest BCUT2D eigenvalue weighted by atomic mass is 10.3. The molecular weight excluding hydrogens is 150 g/mol. The average Bonchev–Trinajstić information content (AvgIpc) is 2.08. The molecule has 64 valence electrons. The minimum atomic E-state index is 0.583. The van der Waals surface area contributed by atoms with Crippen LogP contribution in [0.5, 0.6) is 5.75 Å². The maximum absolute atomic E-state index is 8.05. The van der Waals surface area contributed by atoms with Gasteiger partial charge in [0.25, 0.3) is 6.26 Å². The Hall–Kier alpha value is -1.49. The van der Waals surface area contributed by atoms with Crippen molar-refractivity contribution in [3.63, 3.8) is 0 Å². The van der Waals surface area contributed by atoms with E-state index in [9.17, 15) is 0 Å². The van der Waals surface area contributed by atoms with Crippen LogP contribution in [-0.4, -0.2) is 0 Å². The van der Waals surface area contributed by atoms with Crippen LogP contribution < -0.4 is 4.74 Å². The van der Waals surface area contributed by atoms with Gasteiger partial charge in [-0.15, -0.1) is 5.26 Å². The van der Waals surface area contributed by atoms with E-state index < -0.39 is 0 Å². The van der Waals surface area contributed by atoms with Gasteiger partial charge in [-0.25, -0.2) is 0 Å². The van der Waals surface area contributed by atoms with Crippen molar-refractivity contribution in [2.75, 3.05) is 0 Å². The molecule has 0 atom stereocenters. The summed E-state index contributed by atoms with van der Waals surface area (Å²) in [6.45, 7) is 4.25. The van der Waals surface area contributed by atoms with Crippen LogP contribution in [-0.2, 0) is 0 Å². The van der Waals surface area contributed by atoms with Crippen molar-refractivity contribution in [1.29, 1.82) is 5.26 Å². The normalized spacial score (nSPS) is 7.42. The van der Waals surface area contributed by atoms with Crippen molar-refractivity contribution < 1.29 is 4.74 Å². The Bertz CT molecular complexity index is 225. The van der Waals surface area contributed by atoms with Gasteiger partial charge >= 0.3 is 0 Å². The van der Waals surface area contributed by atoms with Gasteiger partial charge < -0.3 is 4.74 Å². The molecule has 12 heavy (non-hydrogen) atoms. The molecule has 0 bridgehead atoms. The van der Waals surface area contributed by atoms with Crippen molar-refractivity contribution in [3.8, 4) is 12.0 Å². The monoisotopic (exact) mass is 163 g/mol. The third kappa shape index (κ3) is 5.31. The van der Waals surface area contributed by atoms with Gasteiger partial charge in [0.15, 0.2) is 0 Å². The second-order valence-electron chi connectivity index (χ2n) is 2.21. The molecule has 1 aromatic rings. The Morgan fingerprint density at radius 2 is 1.75 bits per heavy atom. The van der Waals surface area contributed by atoms with E-state index in [2.05, 4.69) is 18.6 Å². The van der Waals surface area contributed by atoms with Gasteiger partial charge in [0.2, 0.25) is 0 Å². The topological polar surface area (TPSA) is 33.0 Å². The van der Waals surface area contributed by atoms with E-state index in [0.29, 0.717) is 5.75 Å². The Morgan fingerprint density at radius 3 is 2.17 bits per heavy atom. The molecule has 0 saturated carbocycles. The molecule has 2 nitrogen and oxygen atoms in total. The van der Waals surface area contributed by atoms with Crippen molar-refractivity contribution in [3.05, 3.63) is 30.3 Å². The van der Waals surface area contributed by atoms with E-state index in [1.165, 1.54) is 6.42 Å². The fraction of sp³-hybridized carbons (Fsp3) is 0.300. The maximum atomic E-state index is 8.05. The number of nitriles is 1. The average molecular weight is 163 g/mol. The second kappa shape index (κ2) is 7.62. The van der Waals surface area contributed by atoms with Crippen LogP contribution in [0.1, 0.15) is 20.3 Å². The third-order valence-electron chi connectivity index (χ3n) is 0.907. The number of ether oxygens (including phenoxy) is 1. The highest BCUT2D eigenvalue weighted by Crippen LogP contribution is 2.06. The molecule has 0 aliphatic carbocycles. The molecule has 0 radical (unpaired) electrons. The first-order valence-electron chi connectivity index (χ1n) is 3.96. The van der Waals surface area contributed by atoms with Gasteiger partial charge in [-0.1, -0.05) is 38.5 Å². The Kier molecular flexibility index (Phi) is 6.67. The van der Waals surface area contributed by atoms with Crippen LogP contribution in [0.4, 0.5) is 0 Å². The quantitative estimate of drug-likeness (QED) is 0.596. The highest BCUT2D eigenvalue weighted by atomic mass is 16.5. The van der Waals surface area contributed by atoms with E-state index in [-0.39, 0.29) is 0 Å². The lowest BCUT2D eigenvalue weighted by Crippen LogP contribution is -1.78. The zero-order valence-electron chi connectivity index (χ0n) is 7.45. The second-order valence-corrected chi connectivity index (χ2v) is 2.21.